The number of carbonyl (C=O) groups is 2. The predicted molar refractivity (Wildman–Crippen MR) is 131 cm³/mol. The molecular formula is C28H40O6. The number of methoxy groups -OCH3 is 1. The quantitative estimate of drug-likeness (QED) is 0.313. The molecule has 188 valence electrons. The summed E-state index contributed by atoms with van der Waals surface area (Å²) in [7, 11) is 1.21. The lowest BCUT2D eigenvalue weighted by molar-refractivity contribution is -0.131. The summed E-state index contributed by atoms with van der Waals surface area (Å²) in [5.41, 5.74) is 2.27. The van der Waals surface area contributed by atoms with Crippen molar-refractivity contribution in [2.75, 3.05) is 7.11 Å². The van der Waals surface area contributed by atoms with Gasteiger partial charge in [0.15, 0.2) is 11.4 Å². The normalized spacial score (nSPS) is 33.0. The van der Waals surface area contributed by atoms with Crippen LogP contribution in [0, 0.1) is 17.3 Å². The van der Waals surface area contributed by atoms with Gasteiger partial charge in [0, 0.05) is 0 Å². The summed E-state index contributed by atoms with van der Waals surface area (Å²) in [6.45, 7) is 9.74. The number of rotatable bonds is 6. The zero-order valence-electron chi connectivity index (χ0n) is 21.0. The highest BCUT2D eigenvalue weighted by Crippen LogP contribution is 2.59. The van der Waals surface area contributed by atoms with Gasteiger partial charge in [-0.05, 0) is 88.5 Å². The van der Waals surface area contributed by atoms with E-state index < -0.39 is 24.0 Å². The molecule has 0 aromatic carbocycles. The molecule has 6 heteroatoms. The molecule has 0 saturated heterocycles. The van der Waals surface area contributed by atoms with Crippen LogP contribution in [0.25, 0.3) is 0 Å². The molecule has 0 radical (unpaired) electrons. The number of fused-ring (bicyclic) bond motifs is 1. The van der Waals surface area contributed by atoms with E-state index in [0.29, 0.717) is 25.2 Å². The Labute approximate surface area is 203 Å². The molecule has 0 heterocycles. The highest BCUT2D eigenvalue weighted by atomic mass is 16.7. The van der Waals surface area contributed by atoms with E-state index in [1.54, 1.807) is 19.9 Å². The number of hydrogen-bond acceptors (Lipinski definition) is 6. The maximum absolute atomic E-state index is 12.6. The Hall–Kier alpha value is -2.18. The van der Waals surface area contributed by atoms with E-state index in [-0.39, 0.29) is 17.1 Å². The van der Waals surface area contributed by atoms with Crippen LogP contribution < -0.4 is 0 Å². The van der Waals surface area contributed by atoms with Crippen molar-refractivity contribution in [3.8, 4) is 0 Å². The molecule has 0 aliphatic heterocycles. The third-order valence-electron chi connectivity index (χ3n) is 8.03. The van der Waals surface area contributed by atoms with Crippen LogP contribution >= 0.6 is 0 Å². The minimum Gasteiger partial charge on any atom is -0.438 e. The fourth-order valence-corrected chi connectivity index (χ4v) is 6.18. The van der Waals surface area contributed by atoms with Gasteiger partial charge in [0.05, 0.1) is 19.3 Å². The molecular weight excluding hydrogens is 432 g/mol. The Balaban J connectivity index is 1.70. The van der Waals surface area contributed by atoms with Gasteiger partial charge in [-0.25, -0.2) is 4.79 Å². The van der Waals surface area contributed by atoms with Crippen LogP contribution in [0.5, 0.6) is 0 Å². The average molecular weight is 473 g/mol. The smallest absolute Gasteiger partial charge is 0.438 e. The molecule has 0 unspecified atom stereocenters. The Bertz CT molecular complexity index is 883. The maximum Gasteiger partial charge on any atom is 0.508 e. The third kappa shape index (κ3) is 5.89. The molecule has 3 rings (SSSR count). The van der Waals surface area contributed by atoms with E-state index >= 15 is 0 Å². The summed E-state index contributed by atoms with van der Waals surface area (Å²) in [6, 6.07) is 0. The molecule has 0 bridgehead atoms. The van der Waals surface area contributed by atoms with Crippen molar-refractivity contribution in [1.82, 2.24) is 0 Å². The maximum atomic E-state index is 12.6. The molecule has 3 fully saturated rings. The topological polar surface area (TPSA) is 93.1 Å². The first-order valence-corrected chi connectivity index (χ1v) is 12.4. The molecule has 0 amide bonds. The van der Waals surface area contributed by atoms with E-state index in [1.807, 2.05) is 0 Å². The summed E-state index contributed by atoms with van der Waals surface area (Å²) in [6.07, 6.45) is 12.9. The molecule has 2 N–H and O–H groups in total. The molecule has 5 atom stereocenters. The van der Waals surface area contributed by atoms with Crippen LogP contribution in [0.2, 0.25) is 0 Å². The molecule has 0 aromatic rings. The van der Waals surface area contributed by atoms with Crippen molar-refractivity contribution < 1.29 is 29.3 Å². The van der Waals surface area contributed by atoms with Crippen molar-refractivity contribution in [3.63, 3.8) is 0 Å². The fourth-order valence-electron chi connectivity index (χ4n) is 6.18. The SMILES string of the molecule is C=C(/C=C/C(=O)C(C)(C)OC(=O)OC)[C@H]1CC[C@H]2/C(=C/C=C3C[C@@H](O)C[C@H](O)C3)CCC[C@]12C. The number of ketones is 1. The molecule has 3 aliphatic carbocycles. The summed E-state index contributed by atoms with van der Waals surface area (Å²) in [5, 5.41) is 20.0. The molecule has 3 aliphatic rings. The first kappa shape index (κ1) is 26.4. The number of carbonyl (C=O) groups excluding carboxylic acids is 2. The van der Waals surface area contributed by atoms with Crippen molar-refractivity contribution in [3.05, 3.63) is 47.6 Å². The van der Waals surface area contributed by atoms with E-state index in [1.165, 1.54) is 18.8 Å². The standard InChI is InChI=1S/C28H40O6/c1-18(8-13-25(31)27(2,3)34-26(32)33-5)23-11-12-24-20(7-6-14-28(23,24)4)10-9-19-15-21(29)17-22(30)16-19/h8-10,13,21-24,29-30H,1,6-7,11-12,14-17H2,2-5H3/b13-8+,20-10+/t21-,22-,23-,24+,28-/m1/s1. The van der Waals surface area contributed by atoms with Crippen molar-refractivity contribution in [2.24, 2.45) is 17.3 Å². The monoisotopic (exact) mass is 472 g/mol. The highest BCUT2D eigenvalue weighted by Gasteiger charge is 2.49. The Morgan fingerprint density at radius 1 is 1.12 bits per heavy atom. The average Bonchev–Trinajstić information content (AvgIpc) is 3.12. The summed E-state index contributed by atoms with van der Waals surface area (Å²) in [5.74, 6) is 0.425. The molecule has 3 saturated carbocycles. The van der Waals surface area contributed by atoms with Crippen LogP contribution in [0.1, 0.15) is 72.1 Å². The van der Waals surface area contributed by atoms with Gasteiger partial charge < -0.3 is 19.7 Å². The van der Waals surface area contributed by atoms with Crippen molar-refractivity contribution in [2.45, 2.75) is 89.9 Å². The first-order valence-electron chi connectivity index (χ1n) is 12.4. The van der Waals surface area contributed by atoms with Gasteiger partial charge in [-0.1, -0.05) is 48.5 Å². The zero-order valence-corrected chi connectivity index (χ0v) is 21.0. The highest BCUT2D eigenvalue weighted by molar-refractivity contribution is 5.97. The predicted octanol–water partition coefficient (Wildman–Crippen LogP) is 5.20. The number of allylic oxidation sites excluding steroid dienone is 5. The Kier molecular flexibility index (Phi) is 8.25. The summed E-state index contributed by atoms with van der Waals surface area (Å²) in [4.78, 5) is 24.0. The van der Waals surface area contributed by atoms with Gasteiger partial charge >= 0.3 is 6.16 Å². The summed E-state index contributed by atoms with van der Waals surface area (Å²) < 4.78 is 9.59. The van der Waals surface area contributed by atoms with Crippen LogP contribution in [0.15, 0.2) is 47.6 Å². The number of ether oxygens (including phenoxy) is 2. The lowest BCUT2D eigenvalue weighted by Gasteiger charge is -2.42. The third-order valence-corrected chi connectivity index (χ3v) is 8.03. The van der Waals surface area contributed by atoms with Gasteiger partial charge in [0.25, 0.3) is 0 Å². The largest absolute Gasteiger partial charge is 0.508 e. The lowest BCUT2D eigenvalue weighted by atomic mass is 9.62. The number of aliphatic hydroxyl groups excluding tert-OH is 2. The van der Waals surface area contributed by atoms with Crippen LogP contribution in [0.3, 0.4) is 0 Å². The zero-order chi connectivity index (χ0) is 25.1. The van der Waals surface area contributed by atoms with E-state index in [9.17, 15) is 19.8 Å². The van der Waals surface area contributed by atoms with E-state index in [4.69, 9.17) is 4.74 Å². The van der Waals surface area contributed by atoms with E-state index in [2.05, 4.69) is 30.4 Å². The van der Waals surface area contributed by atoms with Gasteiger partial charge in [0.1, 0.15) is 0 Å². The Morgan fingerprint density at radius 3 is 2.44 bits per heavy atom. The fraction of sp³-hybridized carbons (Fsp3) is 0.643. The summed E-state index contributed by atoms with van der Waals surface area (Å²) >= 11 is 0. The lowest BCUT2D eigenvalue weighted by Crippen LogP contribution is -2.36. The number of hydrogen-bond donors (Lipinski definition) is 2. The number of aliphatic hydroxyl groups is 2. The molecule has 6 nitrogen and oxygen atoms in total. The minimum absolute atomic E-state index is 0.0800. The van der Waals surface area contributed by atoms with E-state index in [0.717, 1.165) is 43.3 Å². The molecule has 0 spiro atoms. The van der Waals surface area contributed by atoms with Gasteiger partial charge in [-0.2, -0.15) is 0 Å². The van der Waals surface area contributed by atoms with Crippen LogP contribution in [-0.2, 0) is 14.3 Å². The molecule has 34 heavy (non-hydrogen) atoms. The van der Waals surface area contributed by atoms with Gasteiger partial charge in [0.2, 0.25) is 0 Å². The van der Waals surface area contributed by atoms with Crippen LogP contribution in [0.4, 0.5) is 4.79 Å². The van der Waals surface area contributed by atoms with Gasteiger partial charge in [-0.3, -0.25) is 4.79 Å². The first-order chi connectivity index (χ1) is 16.0. The van der Waals surface area contributed by atoms with Crippen molar-refractivity contribution in [1.29, 1.82) is 0 Å². The van der Waals surface area contributed by atoms with Crippen molar-refractivity contribution >= 4 is 11.9 Å². The van der Waals surface area contributed by atoms with Crippen LogP contribution in [-0.4, -0.2) is 47.1 Å². The Morgan fingerprint density at radius 2 is 1.79 bits per heavy atom. The second kappa shape index (κ2) is 10.6. The van der Waals surface area contributed by atoms with Gasteiger partial charge in [-0.15, -0.1) is 0 Å². The molecule has 0 aromatic heterocycles. The second-order valence-electron chi connectivity index (χ2n) is 10.9. The minimum atomic E-state index is -1.31. The second-order valence-corrected chi connectivity index (χ2v) is 10.9.